The summed E-state index contributed by atoms with van der Waals surface area (Å²) >= 11 is 0. The van der Waals surface area contributed by atoms with Gasteiger partial charge in [0.1, 0.15) is 18.2 Å². The highest BCUT2D eigenvalue weighted by Crippen LogP contribution is 2.35. The number of hydrogen-bond acceptors (Lipinski definition) is 10. The maximum atomic E-state index is 14.0. The third-order valence-corrected chi connectivity index (χ3v) is 7.09. The number of nitrogens with zero attached hydrogens (tertiary/aromatic N) is 3. The van der Waals surface area contributed by atoms with Gasteiger partial charge in [-0.2, -0.15) is 4.57 Å². The Bertz CT molecular complexity index is 2020. The standard InChI is InChI=1S/C28H29N9O8/c1-29-18(38)13-35-24(39)20(22(30-2)33-27(35)42)19(21-23(31-3)34-28(43)36(25(21)40)26(41)32-4)16-7-5-14(6-8-16)15-9-11-17(12-10-15)37(44)45/h5-12,19,30-31H,13H2,1-4H3,(H,29,38)(H,32,41)(H,33,42)(H,34,43). The second kappa shape index (κ2) is 12.9. The van der Waals surface area contributed by atoms with Crippen molar-refractivity contribution in [2.24, 2.45) is 0 Å². The lowest BCUT2D eigenvalue weighted by atomic mass is 9.85. The van der Waals surface area contributed by atoms with Crippen LogP contribution in [0.4, 0.5) is 22.1 Å². The van der Waals surface area contributed by atoms with Gasteiger partial charge in [0.15, 0.2) is 0 Å². The van der Waals surface area contributed by atoms with Crippen LogP contribution in [-0.4, -0.2) is 64.2 Å². The zero-order valence-corrected chi connectivity index (χ0v) is 24.5. The number of likely N-dealkylation sites (N-methyl/N-ethyl adjacent to an activating group) is 1. The molecule has 2 amide bonds. The summed E-state index contributed by atoms with van der Waals surface area (Å²) in [6, 6.07) is 11.3. The molecule has 0 spiro atoms. The Labute approximate surface area is 253 Å². The summed E-state index contributed by atoms with van der Waals surface area (Å²) in [7, 11) is 5.41. The minimum atomic E-state index is -1.33. The zero-order valence-electron chi connectivity index (χ0n) is 24.5. The number of nitro benzene ring substituents is 1. The van der Waals surface area contributed by atoms with E-state index >= 15 is 0 Å². The molecule has 0 saturated heterocycles. The van der Waals surface area contributed by atoms with E-state index in [0.717, 1.165) is 0 Å². The number of nitrogens with one attached hydrogen (secondary N) is 6. The number of aromatic nitrogens is 4. The third kappa shape index (κ3) is 5.99. The molecule has 0 fully saturated rings. The SMILES string of the molecule is CNC(=O)Cn1c(=O)[nH]c(NC)c(C(c2ccc(-c3ccc([N+](=O)[O-])cc3)cc2)c2c(NC)[nH]c(=O)n(C(=O)NC)c2=O)c1=O. The minimum Gasteiger partial charge on any atom is -0.374 e. The molecule has 2 heterocycles. The van der Waals surface area contributed by atoms with Gasteiger partial charge >= 0.3 is 17.4 Å². The molecule has 2 aromatic heterocycles. The zero-order chi connectivity index (χ0) is 33.0. The van der Waals surface area contributed by atoms with Crippen LogP contribution in [0.5, 0.6) is 0 Å². The fraction of sp³-hybridized carbons (Fsp3) is 0.214. The maximum absolute atomic E-state index is 14.0. The van der Waals surface area contributed by atoms with Crippen LogP contribution >= 0.6 is 0 Å². The monoisotopic (exact) mass is 619 g/mol. The Balaban J connectivity index is 2.08. The van der Waals surface area contributed by atoms with E-state index in [1.807, 2.05) is 0 Å². The molecule has 234 valence electrons. The number of amides is 2. The molecule has 45 heavy (non-hydrogen) atoms. The molecule has 17 nitrogen and oxygen atoms in total. The number of carbonyl (C=O) groups excluding carboxylic acids is 2. The first-order chi connectivity index (χ1) is 21.5. The lowest BCUT2D eigenvalue weighted by Gasteiger charge is -2.23. The Kier molecular flexibility index (Phi) is 9.11. The van der Waals surface area contributed by atoms with E-state index in [9.17, 15) is 38.9 Å². The molecule has 1 unspecified atom stereocenters. The predicted octanol–water partition coefficient (Wildman–Crippen LogP) is 0.159. The number of rotatable bonds is 9. The van der Waals surface area contributed by atoms with E-state index < -0.39 is 51.8 Å². The van der Waals surface area contributed by atoms with E-state index in [2.05, 4.69) is 31.2 Å². The van der Waals surface area contributed by atoms with Crippen LogP contribution in [0.2, 0.25) is 0 Å². The lowest BCUT2D eigenvalue weighted by molar-refractivity contribution is -0.384. The second-order valence-corrected chi connectivity index (χ2v) is 9.56. The third-order valence-electron chi connectivity index (χ3n) is 7.09. The van der Waals surface area contributed by atoms with Gasteiger partial charge in [-0.15, -0.1) is 0 Å². The number of aromatic amines is 2. The first-order valence-corrected chi connectivity index (χ1v) is 13.4. The maximum Gasteiger partial charge on any atom is 0.338 e. The van der Waals surface area contributed by atoms with Gasteiger partial charge in [-0.25, -0.2) is 14.4 Å². The minimum absolute atomic E-state index is 0.0817. The van der Waals surface area contributed by atoms with Crippen molar-refractivity contribution in [1.82, 2.24) is 29.7 Å². The Morgan fingerprint density at radius 1 is 0.778 bits per heavy atom. The van der Waals surface area contributed by atoms with E-state index in [4.69, 9.17) is 0 Å². The average Bonchev–Trinajstić information content (AvgIpc) is 3.04. The lowest BCUT2D eigenvalue weighted by Crippen LogP contribution is -2.47. The molecular weight excluding hydrogens is 590 g/mol. The largest absolute Gasteiger partial charge is 0.374 e. The van der Waals surface area contributed by atoms with E-state index in [-0.39, 0.29) is 28.5 Å². The quantitative estimate of drug-likeness (QED) is 0.110. The van der Waals surface area contributed by atoms with Crippen LogP contribution in [0.15, 0.2) is 67.7 Å². The highest BCUT2D eigenvalue weighted by atomic mass is 16.6. The Morgan fingerprint density at radius 3 is 1.78 bits per heavy atom. The molecular formula is C28H29N9O8. The number of carbonyl (C=O) groups is 2. The molecule has 2 aromatic carbocycles. The molecule has 6 N–H and O–H groups in total. The fourth-order valence-corrected chi connectivity index (χ4v) is 4.85. The van der Waals surface area contributed by atoms with Gasteiger partial charge in [0, 0.05) is 40.3 Å². The Morgan fingerprint density at radius 2 is 1.29 bits per heavy atom. The first-order valence-electron chi connectivity index (χ1n) is 13.4. The number of non-ortho nitro benzene ring substituents is 1. The summed E-state index contributed by atoms with van der Waals surface area (Å²) in [6.45, 7) is -0.638. The number of benzene rings is 2. The summed E-state index contributed by atoms with van der Waals surface area (Å²) in [6.07, 6.45) is 0. The van der Waals surface area contributed by atoms with Crippen molar-refractivity contribution in [2.45, 2.75) is 12.5 Å². The molecule has 0 saturated carbocycles. The topological polar surface area (TPSA) is 235 Å². The van der Waals surface area contributed by atoms with Crippen LogP contribution in [0.1, 0.15) is 22.6 Å². The second-order valence-electron chi connectivity index (χ2n) is 9.56. The molecule has 0 aliphatic heterocycles. The van der Waals surface area contributed by atoms with Gasteiger partial charge in [-0.3, -0.25) is 39.0 Å². The molecule has 1 atom stereocenters. The van der Waals surface area contributed by atoms with Crippen molar-refractivity contribution >= 4 is 29.3 Å². The van der Waals surface area contributed by atoms with Crippen LogP contribution in [0, 0.1) is 10.1 Å². The van der Waals surface area contributed by atoms with E-state index in [1.165, 1.54) is 40.3 Å². The highest BCUT2D eigenvalue weighted by molar-refractivity contribution is 5.77. The molecule has 4 rings (SSSR count). The molecule has 0 aliphatic carbocycles. The van der Waals surface area contributed by atoms with Gasteiger partial charge in [-0.1, -0.05) is 24.3 Å². The first kappa shape index (κ1) is 31.7. The van der Waals surface area contributed by atoms with Gasteiger partial charge in [0.2, 0.25) is 5.91 Å². The smallest absolute Gasteiger partial charge is 0.338 e. The van der Waals surface area contributed by atoms with Crippen molar-refractivity contribution in [1.29, 1.82) is 0 Å². The van der Waals surface area contributed by atoms with Crippen molar-refractivity contribution < 1.29 is 14.5 Å². The summed E-state index contributed by atoms with van der Waals surface area (Å²) in [4.78, 5) is 94.0. The van der Waals surface area contributed by atoms with Crippen molar-refractivity contribution in [3.63, 3.8) is 0 Å². The summed E-state index contributed by atoms with van der Waals surface area (Å²) in [5.74, 6) is -2.17. The van der Waals surface area contributed by atoms with Gasteiger partial charge in [0.25, 0.3) is 16.8 Å². The Hall–Kier alpha value is -6.26. The molecule has 4 aromatic rings. The summed E-state index contributed by atoms with van der Waals surface area (Å²) < 4.78 is 0.997. The van der Waals surface area contributed by atoms with Crippen LogP contribution in [-0.2, 0) is 11.3 Å². The van der Waals surface area contributed by atoms with Crippen LogP contribution in [0.3, 0.4) is 0 Å². The van der Waals surface area contributed by atoms with Crippen LogP contribution < -0.4 is 43.8 Å². The molecule has 17 heteroatoms. The van der Waals surface area contributed by atoms with Gasteiger partial charge in [0.05, 0.1) is 22.0 Å². The number of nitro groups is 1. The fourth-order valence-electron chi connectivity index (χ4n) is 4.85. The molecule has 0 radical (unpaired) electrons. The summed E-state index contributed by atoms with van der Waals surface area (Å²) in [5.41, 5.74) is -2.83. The van der Waals surface area contributed by atoms with Crippen molar-refractivity contribution in [3.05, 3.63) is 117 Å². The van der Waals surface area contributed by atoms with E-state index in [0.29, 0.717) is 25.8 Å². The normalized spacial score (nSPS) is 11.4. The number of hydrogen-bond donors (Lipinski definition) is 6. The summed E-state index contributed by atoms with van der Waals surface area (Å²) in [5, 5.41) is 21.1. The van der Waals surface area contributed by atoms with E-state index in [1.54, 1.807) is 36.4 Å². The van der Waals surface area contributed by atoms with Gasteiger partial charge in [-0.05, 0) is 28.8 Å². The average molecular weight is 620 g/mol. The predicted molar refractivity (Wildman–Crippen MR) is 165 cm³/mol. The molecule has 0 bridgehead atoms. The highest BCUT2D eigenvalue weighted by Gasteiger charge is 2.32. The van der Waals surface area contributed by atoms with Gasteiger partial charge < -0.3 is 21.3 Å². The molecule has 0 aliphatic rings. The number of H-pyrrole nitrogens is 2. The number of anilines is 2. The van der Waals surface area contributed by atoms with Crippen molar-refractivity contribution in [3.8, 4) is 11.1 Å². The van der Waals surface area contributed by atoms with Crippen molar-refractivity contribution in [2.75, 3.05) is 38.8 Å². The van der Waals surface area contributed by atoms with Crippen LogP contribution in [0.25, 0.3) is 11.1 Å².